The first-order valence-corrected chi connectivity index (χ1v) is 11.9. The zero-order chi connectivity index (χ0) is 25.2. The SMILES string of the molecule is COc1cc(N2CCN(C(=O)Cn3nc(C(F)(F)F)c(Cl)c3CN3CCOCC3)CC2)ccc1Cl. The van der Waals surface area contributed by atoms with Crippen LogP contribution in [0.3, 0.4) is 0 Å². The Hall–Kier alpha value is -2.21. The number of carbonyl (C=O) groups is 1. The molecule has 1 aromatic carbocycles. The summed E-state index contributed by atoms with van der Waals surface area (Å²) in [6.45, 7) is 3.90. The zero-order valence-electron chi connectivity index (χ0n) is 19.2. The van der Waals surface area contributed by atoms with Crippen LogP contribution in [0.1, 0.15) is 11.4 Å². The smallest absolute Gasteiger partial charge is 0.436 e. The highest BCUT2D eigenvalue weighted by Gasteiger charge is 2.39. The molecule has 13 heteroatoms. The molecule has 2 aromatic rings. The third-order valence-electron chi connectivity index (χ3n) is 6.16. The second-order valence-electron chi connectivity index (χ2n) is 8.34. The van der Waals surface area contributed by atoms with Crippen molar-refractivity contribution in [2.45, 2.75) is 19.3 Å². The number of anilines is 1. The van der Waals surface area contributed by atoms with Crippen LogP contribution in [0.25, 0.3) is 0 Å². The fourth-order valence-corrected chi connectivity index (χ4v) is 4.69. The zero-order valence-corrected chi connectivity index (χ0v) is 20.7. The van der Waals surface area contributed by atoms with Crippen molar-refractivity contribution in [1.29, 1.82) is 0 Å². The highest BCUT2D eigenvalue weighted by Crippen LogP contribution is 2.36. The topological polar surface area (TPSA) is 63.1 Å². The molecule has 35 heavy (non-hydrogen) atoms. The van der Waals surface area contributed by atoms with Gasteiger partial charge in [0.05, 0.1) is 36.1 Å². The molecular weight excluding hydrogens is 510 g/mol. The van der Waals surface area contributed by atoms with Crippen molar-refractivity contribution in [3.8, 4) is 5.75 Å². The molecule has 2 fully saturated rings. The van der Waals surface area contributed by atoms with E-state index in [9.17, 15) is 18.0 Å². The van der Waals surface area contributed by atoms with Crippen molar-refractivity contribution in [3.63, 3.8) is 0 Å². The van der Waals surface area contributed by atoms with E-state index in [2.05, 4.69) is 10.00 Å². The van der Waals surface area contributed by atoms with E-state index in [1.165, 1.54) is 0 Å². The molecule has 2 saturated heterocycles. The van der Waals surface area contributed by atoms with Crippen LogP contribution in [-0.4, -0.2) is 85.1 Å². The van der Waals surface area contributed by atoms with Gasteiger partial charge in [0.15, 0.2) is 5.69 Å². The number of hydrogen-bond acceptors (Lipinski definition) is 6. The quantitative estimate of drug-likeness (QED) is 0.565. The summed E-state index contributed by atoms with van der Waals surface area (Å²) in [5.74, 6) is 0.251. The van der Waals surface area contributed by atoms with E-state index in [0.717, 1.165) is 10.4 Å². The first kappa shape index (κ1) is 25.9. The average molecular weight is 536 g/mol. The van der Waals surface area contributed by atoms with Gasteiger partial charge in [0.25, 0.3) is 0 Å². The van der Waals surface area contributed by atoms with Gasteiger partial charge in [-0.3, -0.25) is 14.4 Å². The molecule has 4 rings (SSSR count). The number of nitrogens with zero attached hydrogens (tertiary/aromatic N) is 5. The fourth-order valence-electron chi connectivity index (χ4n) is 4.20. The van der Waals surface area contributed by atoms with Crippen molar-refractivity contribution in [2.75, 3.05) is 64.5 Å². The number of carbonyl (C=O) groups excluding carboxylic acids is 1. The fraction of sp³-hybridized carbons (Fsp3) is 0.545. The van der Waals surface area contributed by atoms with E-state index in [1.807, 2.05) is 17.0 Å². The maximum Gasteiger partial charge on any atom is 0.436 e. The molecule has 2 aliphatic rings. The van der Waals surface area contributed by atoms with E-state index in [-0.39, 0.29) is 24.7 Å². The largest absolute Gasteiger partial charge is 0.495 e. The lowest BCUT2D eigenvalue weighted by Crippen LogP contribution is -2.49. The standard InChI is InChI=1S/C22H26Cl2F3N5O3/c1-34-18-12-15(2-3-16(18)23)30-4-6-31(7-5-30)19(33)14-32-17(13-29-8-10-35-11-9-29)20(24)21(28-32)22(25,26)27/h2-3,12H,4-11,13-14H2,1H3. The van der Waals surface area contributed by atoms with Gasteiger partial charge in [0.1, 0.15) is 12.3 Å². The van der Waals surface area contributed by atoms with Gasteiger partial charge in [-0.15, -0.1) is 0 Å². The lowest BCUT2D eigenvalue weighted by molar-refractivity contribution is -0.142. The predicted octanol–water partition coefficient (Wildman–Crippen LogP) is 3.40. The molecule has 1 amide bonds. The predicted molar refractivity (Wildman–Crippen MR) is 125 cm³/mol. The van der Waals surface area contributed by atoms with Gasteiger partial charge in [0.2, 0.25) is 5.91 Å². The van der Waals surface area contributed by atoms with Crippen molar-refractivity contribution < 1.29 is 27.4 Å². The Morgan fingerprint density at radius 2 is 1.80 bits per heavy atom. The minimum absolute atomic E-state index is 0.157. The summed E-state index contributed by atoms with van der Waals surface area (Å²) in [5.41, 5.74) is -0.0716. The van der Waals surface area contributed by atoms with E-state index in [4.69, 9.17) is 32.7 Å². The molecule has 0 spiro atoms. The third kappa shape index (κ3) is 5.96. The first-order chi connectivity index (χ1) is 16.7. The summed E-state index contributed by atoms with van der Waals surface area (Å²) >= 11 is 12.2. The van der Waals surface area contributed by atoms with Gasteiger partial charge in [-0.2, -0.15) is 18.3 Å². The average Bonchev–Trinajstić information content (AvgIpc) is 3.15. The number of benzene rings is 1. The Labute approximate surface area is 211 Å². The van der Waals surface area contributed by atoms with Gasteiger partial charge >= 0.3 is 6.18 Å². The molecule has 8 nitrogen and oxygen atoms in total. The van der Waals surface area contributed by atoms with Crippen LogP contribution in [0.4, 0.5) is 18.9 Å². The molecule has 0 radical (unpaired) electrons. The molecule has 3 heterocycles. The van der Waals surface area contributed by atoms with Crippen LogP contribution in [0, 0.1) is 0 Å². The monoisotopic (exact) mass is 535 g/mol. The second-order valence-corrected chi connectivity index (χ2v) is 9.13. The number of rotatable bonds is 6. The van der Waals surface area contributed by atoms with Crippen LogP contribution >= 0.6 is 23.2 Å². The molecule has 2 aliphatic heterocycles. The number of amides is 1. The number of hydrogen-bond donors (Lipinski definition) is 0. The Bertz CT molecular complexity index is 1050. The number of methoxy groups -OCH3 is 1. The van der Waals surface area contributed by atoms with Crippen LogP contribution in [0.2, 0.25) is 10.0 Å². The summed E-state index contributed by atoms with van der Waals surface area (Å²) in [4.78, 5) is 18.7. The lowest BCUT2D eigenvalue weighted by atomic mass is 10.2. The molecule has 0 aliphatic carbocycles. The minimum atomic E-state index is -4.71. The van der Waals surface area contributed by atoms with E-state index < -0.39 is 16.9 Å². The van der Waals surface area contributed by atoms with Gasteiger partial charge in [-0.25, -0.2) is 0 Å². The number of alkyl halides is 3. The Kier molecular flexibility index (Phi) is 7.99. The molecule has 0 bridgehead atoms. The molecule has 0 unspecified atom stereocenters. The maximum atomic E-state index is 13.5. The van der Waals surface area contributed by atoms with Crippen molar-refractivity contribution >= 4 is 34.8 Å². The van der Waals surface area contributed by atoms with Crippen molar-refractivity contribution in [1.82, 2.24) is 19.6 Å². The highest BCUT2D eigenvalue weighted by atomic mass is 35.5. The van der Waals surface area contributed by atoms with Crippen LogP contribution in [0.15, 0.2) is 18.2 Å². The Morgan fingerprint density at radius 1 is 1.11 bits per heavy atom. The summed E-state index contributed by atoms with van der Waals surface area (Å²) in [6.07, 6.45) is -4.71. The van der Waals surface area contributed by atoms with Crippen LogP contribution < -0.4 is 9.64 Å². The van der Waals surface area contributed by atoms with E-state index in [0.29, 0.717) is 63.3 Å². The second kappa shape index (κ2) is 10.8. The van der Waals surface area contributed by atoms with E-state index >= 15 is 0 Å². The molecule has 0 atom stereocenters. The first-order valence-electron chi connectivity index (χ1n) is 11.2. The molecule has 192 valence electrons. The summed E-state index contributed by atoms with van der Waals surface area (Å²) in [6, 6.07) is 5.47. The third-order valence-corrected chi connectivity index (χ3v) is 6.87. The summed E-state index contributed by atoms with van der Waals surface area (Å²) in [5, 5.41) is 3.74. The number of morpholine rings is 1. The van der Waals surface area contributed by atoms with Gasteiger partial charge in [0, 0.05) is 57.6 Å². The minimum Gasteiger partial charge on any atom is -0.495 e. The number of aromatic nitrogens is 2. The Balaban J connectivity index is 1.44. The van der Waals surface area contributed by atoms with Crippen LogP contribution in [0.5, 0.6) is 5.75 Å². The van der Waals surface area contributed by atoms with Crippen molar-refractivity contribution in [2.24, 2.45) is 0 Å². The summed E-state index contributed by atoms with van der Waals surface area (Å²) in [7, 11) is 1.54. The number of ether oxygens (including phenoxy) is 2. The molecule has 0 saturated carbocycles. The number of piperazine rings is 1. The highest BCUT2D eigenvalue weighted by molar-refractivity contribution is 6.32. The lowest BCUT2D eigenvalue weighted by Gasteiger charge is -2.36. The molecule has 0 N–H and O–H groups in total. The van der Waals surface area contributed by atoms with Gasteiger partial charge < -0.3 is 19.3 Å². The van der Waals surface area contributed by atoms with Gasteiger partial charge in [-0.05, 0) is 12.1 Å². The Morgan fingerprint density at radius 3 is 2.43 bits per heavy atom. The molecular formula is C22H26Cl2F3N5O3. The van der Waals surface area contributed by atoms with Crippen molar-refractivity contribution in [3.05, 3.63) is 39.6 Å². The van der Waals surface area contributed by atoms with E-state index in [1.54, 1.807) is 18.1 Å². The summed E-state index contributed by atoms with van der Waals surface area (Å²) < 4.78 is 52.1. The molecule has 1 aromatic heterocycles. The van der Waals surface area contributed by atoms with Crippen LogP contribution in [-0.2, 0) is 28.8 Å². The normalized spacial score (nSPS) is 17.7. The maximum absolute atomic E-state index is 13.5. The number of halogens is 5. The van der Waals surface area contributed by atoms with Gasteiger partial charge in [-0.1, -0.05) is 23.2 Å².